The van der Waals surface area contributed by atoms with Crippen LogP contribution in [0.25, 0.3) is 0 Å². The van der Waals surface area contributed by atoms with Gasteiger partial charge in [0.25, 0.3) is 11.8 Å². The SMILES string of the molecule is CCN(CC)C(=O)c1cccc(NC(=S)NC(=O)c2cccs2)c1. The highest BCUT2D eigenvalue weighted by Crippen LogP contribution is 2.13. The van der Waals surface area contributed by atoms with Crippen molar-refractivity contribution in [3.63, 3.8) is 0 Å². The highest BCUT2D eigenvalue weighted by atomic mass is 32.1. The maximum Gasteiger partial charge on any atom is 0.267 e. The zero-order valence-corrected chi connectivity index (χ0v) is 15.2. The predicted molar refractivity (Wildman–Crippen MR) is 102 cm³/mol. The van der Waals surface area contributed by atoms with Crippen LogP contribution in [0.1, 0.15) is 33.9 Å². The molecule has 0 unspecified atom stereocenters. The van der Waals surface area contributed by atoms with Crippen LogP contribution in [0.15, 0.2) is 41.8 Å². The second kappa shape index (κ2) is 8.56. The fourth-order valence-electron chi connectivity index (χ4n) is 2.16. The largest absolute Gasteiger partial charge is 0.339 e. The van der Waals surface area contributed by atoms with Gasteiger partial charge >= 0.3 is 0 Å². The standard InChI is InChI=1S/C17H19N3O2S2/c1-3-20(4-2)16(22)12-7-5-8-13(11-12)18-17(23)19-15(21)14-9-6-10-24-14/h5-11H,3-4H2,1-2H3,(H2,18,19,21,23). The van der Waals surface area contributed by atoms with E-state index >= 15 is 0 Å². The Bertz CT molecular complexity index is 725. The Balaban J connectivity index is 2.02. The Hall–Kier alpha value is -2.25. The van der Waals surface area contributed by atoms with E-state index in [-0.39, 0.29) is 16.9 Å². The summed E-state index contributed by atoms with van der Waals surface area (Å²) in [6, 6.07) is 10.6. The number of carbonyl (C=O) groups excluding carboxylic acids is 2. The Morgan fingerprint density at radius 2 is 1.92 bits per heavy atom. The Morgan fingerprint density at radius 1 is 1.17 bits per heavy atom. The molecule has 7 heteroatoms. The van der Waals surface area contributed by atoms with Crippen molar-refractivity contribution < 1.29 is 9.59 Å². The molecule has 24 heavy (non-hydrogen) atoms. The molecule has 2 amide bonds. The van der Waals surface area contributed by atoms with E-state index in [1.807, 2.05) is 19.2 Å². The maximum atomic E-state index is 12.4. The van der Waals surface area contributed by atoms with Crippen LogP contribution in [-0.2, 0) is 0 Å². The highest BCUT2D eigenvalue weighted by molar-refractivity contribution is 7.80. The first-order valence-electron chi connectivity index (χ1n) is 7.60. The van der Waals surface area contributed by atoms with Gasteiger partial charge in [-0.2, -0.15) is 0 Å². The van der Waals surface area contributed by atoms with E-state index in [1.165, 1.54) is 11.3 Å². The van der Waals surface area contributed by atoms with Gasteiger partial charge in [-0.15, -0.1) is 11.3 Å². The van der Waals surface area contributed by atoms with Crippen molar-refractivity contribution in [2.75, 3.05) is 18.4 Å². The third-order valence-electron chi connectivity index (χ3n) is 3.39. The molecule has 2 N–H and O–H groups in total. The molecular formula is C17H19N3O2S2. The van der Waals surface area contributed by atoms with Crippen molar-refractivity contribution >= 4 is 46.2 Å². The van der Waals surface area contributed by atoms with Crippen LogP contribution in [0, 0.1) is 0 Å². The molecule has 0 aliphatic carbocycles. The number of thiophene rings is 1. The summed E-state index contributed by atoms with van der Waals surface area (Å²) < 4.78 is 0. The van der Waals surface area contributed by atoms with Gasteiger partial charge in [0.05, 0.1) is 4.88 Å². The van der Waals surface area contributed by atoms with Gasteiger partial charge in [0.15, 0.2) is 5.11 Å². The number of nitrogens with one attached hydrogen (secondary N) is 2. The van der Waals surface area contributed by atoms with E-state index in [0.717, 1.165) is 0 Å². The third kappa shape index (κ3) is 4.62. The molecule has 0 fully saturated rings. The van der Waals surface area contributed by atoms with Gasteiger partial charge in [0.1, 0.15) is 0 Å². The van der Waals surface area contributed by atoms with Crippen molar-refractivity contribution in [3.8, 4) is 0 Å². The number of thiocarbonyl (C=S) groups is 1. The van der Waals surface area contributed by atoms with Gasteiger partial charge in [0.2, 0.25) is 0 Å². The summed E-state index contributed by atoms with van der Waals surface area (Å²) in [5.41, 5.74) is 1.24. The van der Waals surface area contributed by atoms with Gasteiger partial charge in [0, 0.05) is 24.3 Å². The minimum absolute atomic E-state index is 0.0304. The molecule has 0 aliphatic heterocycles. The summed E-state index contributed by atoms with van der Waals surface area (Å²) in [4.78, 5) is 26.7. The molecule has 1 aromatic heterocycles. The van der Waals surface area contributed by atoms with E-state index in [1.54, 1.807) is 41.3 Å². The third-order valence-corrected chi connectivity index (χ3v) is 4.46. The molecule has 126 valence electrons. The van der Waals surface area contributed by atoms with Gasteiger partial charge in [-0.05, 0) is 55.7 Å². The molecule has 1 heterocycles. The van der Waals surface area contributed by atoms with Crippen molar-refractivity contribution in [3.05, 3.63) is 52.2 Å². The average Bonchev–Trinajstić information content (AvgIpc) is 3.10. The molecule has 2 rings (SSSR count). The van der Waals surface area contributed by atoms with Crippen LogP contribution >= 0.6 is 23.6 Å². The monoisotopic (exact) mass is 361 g/mol. The molecule has 0 saturated heterocycles. The van der Waals surface area contributed by atoms with Crippen LogP contribution in [0.2, 0.25) is 0 Å². The quantitative estimate of drug-likeness (QED) is 0.802. The lowest BCUT2D eigenvalue weighted by atomic mass is 10.1. The lowest BCUT2D eigenvalue weighted by Gasteiger charge is -2.19. The number of benzene rings is 1. The van der Waals surface area contributed by atoms with Crippen molar-refractivity contribution in [1.82, 2.24) is 10.2 Å². The van der Waals surface area contributed by atoms with E-state index in [9.17, 15) is 9.59 Å². The first kappa shape index (κ1) is 18.1. The van der Waals surface area contributed by atoms with Crippen molar-refractivity contribution in [2.24, 2.45) is 0 Å². The Labute approximate surface area is 150 Å². The first-order chi connectivity index (χ1) is 11.5. The van der Waals surface area contributed by atoms with Crippen LogP contribution < -0.4 is 10.6 Å². The molecule has 1 aromatic carbocycles. The number of hydrogen-bond acceptors (Lipinski definition) is 4. The second-order valence-electron chi connectivity index (χ2n) is 4.94. The number of amides is 2. The Morgan fingerprint density at radius 3 is 2.54 bits per heavy atom. The number of nitrogens with zero attached hydrogens (tertiary/aromatic N) is 1. The van der Waals surface area contributed by atoms with Crippen LogP contribution in [-0.4, -0.2) is 34.9 Å². The summed E-state index contributed by atoms with van der Waals surface area (Å²) in [7, 11) is 0. The lowest BCUT2D eigenvalue weighted by molar-refractivity contribution is 0.0772. The molecule has 0 spiro atoms. The molecule has 0 bridgehead atoms. The Kier molecular flexibility index (Phi) is 6.45. The minimum Gasteiger partial charge on any atom is -0.339 e. The summed E-state index contributed by atoms with van der Waals surface area (Å²) in [5, 5.41) is 7.58. The minimum atomic E-state index is -0.252. The van der Waals surface area contributed by atoms with Crippen molar-refractivity contribution in [1.29, 1.82) is 0 Å². The number of carbonyl (C=O) groups is 2. The topological polar surface area (TPSA) is 61.4 Å². The average molecular weight is 361 g/mol. The second-order valence-corrected chi connectivity index (χ2v) is 6.30. The maximum absolute atomic E-state index is 12.4. The fourth-order valence-corrected chi connectivity index (χ4v) is 2.99. The van der Waals surface area contributed by atoms with E-state index < -0.39 is 0 Å². The molecule has 0 aliphatic rings. The number of rotatable bonds is 5. The smallest absolute Gasteiger partial charge is 0.267 e. The first-order valence-corrected chi connectivity index (χ1v) is 8.89. The zero-order chi connectivity index (χ0) is 17.5. The van der Waals surface area contributed by atoms with Gasteiger partial charge in [-0.25, -0.2) is 0 Å². The molecule has 0 atom stereocenters. The molecule has 2 aromatic rings. The summed E-state index contributed by atoms with van der Waals surface area (Å²) >= 11 is 6.50. The van der Waals surface area contributed by atoms with E-state index in [4.69, 9.17) is 12.2 Å². The van der Waals surface area contributed by atoms with Crippen molar-refractivity contribution in [2.45, 2.75) is 13.8 Å². The highest BCUT2D eigenvalue weighted by Gasteiger charge is 2.13. The van der Waals surface area contributed by atoms with Crippen LogP contribution in [0.4, 0.5) is 5.69 Å². The predicted octanol–water partition coefficient (Wildman–Crippen LogP) is 3.36. The fraction of sp³-hybridized carbons (Fsp3) is 0.235. The molecule has 0 radical (unpaired) electrons. The van der Waals surface area contributed by atoms with E-state index in [0.29, 0.717) is 29.2 Å². The summed E-state index contributed by atoms with van der Waals surface area (Å²) in [5.74, 6) is -0.282. The number of hydrogen-bond donors (Lipinski definition) is 2. The molecular weight excluding hydrogens is 342 g/mol. The molecule has 0 saturated carbocycles. The van der Waals surface area contributed by atoms with Gasteiger partial charge < -0.3 is 10.2 Å². The van der Waals surface area contributed by atoms with Gasteiger partial charge in [-0.1, -0.05) is 12.1 Å². The van der Waals surface area contributed by atoms with Gasteiger partial charge in [-0.3, -0.25) is 14.9 Å². The number of anilines is 1. The lowest BCUT2D eigenvalue weighted by Crippen LogP contribution is -2.34. The van der Waals surface area contributed by atoms with Crippen LogP contribution in [0.5, 0.6) is 0 Å². The summed E-state index contributed by atoms with van der Waals surface area (Å²) in [6.45, 7) is 5.20. The zero-order valence-electron chi connectivity index (χ0n) is 13.5. The van der Waals surface area contributed by atoms with E-state index in [2.05, 4.69) is 10.6 Å². The summed E-state index contributed by atoms with van der Waals surface area (Å²) in [6.07, 6.45) is 0. The molecule has 5 nitrogen and oxygen atoms in total. The van der Waals surface area contributed by atoms with Crippen LogP contribution in [0.3, 0.4) is 0 Å². The normalized spacial score (nSPS) is 10.1.